The summed E-state index contributed by atoms with van der Waals surface area (Å²) in [5.74, 6) is -1.60. The molecule has 0 fully saturated rings. The quantitative estimate of drug-likeness (QED) is 0.678. The van der Waals surface area contributed by atoms with Gasteiger partial charge < -0.3 is 14.3 Å². The lowest BCUT2D eigenvalue weighted by Crippen LogP contribution is -1.97. The fourth-order valence-corrected chi connectivity index (χ4v) is 1.55. The van der Waals surface area contributed by atoms with E-state index in [0.29, 0.717) is 0 Å². The Morgan fingerprint density at radius 1 is 1.40 bits per heavy atom. The summed E-state index contributed by atoms with van der Waals surface area (Å²) in [4.78, 5) is 24.2. The van der Waals surface area contributed by atoms with Gasteiger partial charge in [0, 0.05) is 12.1 Å². The molecule has 0 radical (unpaired) electrons. The van der Waals surface area contributed by atoms with Crippen molar-refractivity contribution in [3.63, 3.8) is 0 Å². The number of benzene rings is 1. The van der Waals surface area contributed by atoms with Crippen LogP contribution in [0.3, 0.4) is 0 Å². The molecule has 20 heavy (non-hydrogen) atoms. The van der Waals surface area contributed by atoms with Crippen LogP contribution in [0, 0.1) is 10.1 Å². The number of nitro benzene ring substituents is 1. The number of hydrogen-bond donors (Lipinski definition) is 1. The van der Waals surface area contributed by atoms with Crippen molar-refractivity contribution in [3.8, 4) is 11.8 Å². The van der Waals surface area contributed by atoms with Crippen molar-refractivity contribution in [1.82, 2.24) is 4.98 Å². The van der Waals surface area contributed by atoms with Gasteiger partial charge in [-0.05, 0) is 0 Å². The van der Waals surface area contributed by atoms with E-state index in [1.54, 1.807) is 0 Å². The summed E-state index contributed by atoms with van der Waals surface area (Å²) in [6.07, 6.45) is 0.366. The number of halogens is 2. The smallest absolute Gasteiger partial charge is 0.400 e. The van der Waals surface area contributed by atoms with Gasteiger partial charge in [0.15, 0.2) is 5.69 Å². The molecule has 2 rings (SSSR count). The highest BCUT2D eigenvalue weighted by Gasteiger charge is 2.21. The zero-order chi connectivity index (χ0) is 14.9. The Bertz CT molecular complexity index is 699. The third-order valence-electron chi connectivity index (χ3n) is 2.10. The summed E-state index contributed by atoms with van der Waals surface area (Å²) in [6.45, 7) is 0. The van der Waals surface area contributed by atoms with E-state index in [2.05, 4.69) is 4.98 Å². The summed E-state index contributed by atoms with van der Waals surface area (Å²) < 4.78 is 9.73. The van der Waals surface area contributed by atoms with Crippen LogP contribution in [0.25, 0.3) is 0 Å². The standard InChI is InChI=1S/C10H4Cl2N2O6/c11-4-1-7(14(17)18)8(2-5(4)12)20-10-13-6(3-19-10)9(15)16/h1-3H,(H,15,16). The average Bonchev–Trinajstić information content (AvgIpc) is 2.82. The first-order valence-corrected chi connectivity index (χ1v) is 5.64. The second-order valence-electron chi connectivity index (χ2n) is 3.40. The first-order chi connectivity index (χ1) is 9.38. The maximum absolute atomic E-state index is 10.9. The van der Waals surface area contributed by atoms with Crippen molar-refractivity contribution in [2.24, 2.45) is 0 Å². The normalized spacial score (nSPS) is 10.3. The first-order valence-electron chi connectivity index (χ1n) is 4.88. The molecule has 1 aromatic heterocycles. The Labute approximate surface area is 120 Å². The first kappa shape index (κ1) is 14.1. The number of rotatable bonds is 4. The molecule has 0 amide bonds. The van der Waals surface area contributed by atoms with Crippen molar-refractivity contribution in [2.45, 2.75) is 0 Å². The number of nitro groups is 1. The molecule has 2 aromatic rings. The van der Waals surface area contributed by atoms with Crippen molar-refractivity contribution in [2.75, 3.05) is 0 Å². The maximum atomic E-state index is 10.9. The van der Waals surface area contributed by atoms with Crippen LogP contribution in [0.1, 0.15) is 10.5 Å². The molecule has 0 spiro atoms. The van der Waals surface area contributed by atoms with Gasteiger partial charge in [0.2, 0.25) is 5.75 Å². The number of oxazole rings is 1. The van der Waals surface area contributed by atoms with Gasteiger partial charge in [-0.2, -0.15) is 4.98 Å². The van der Waals surface area contributed by atoms with E-state index in [1.807, 2.05) is 0 Å². The Morgan fingerprint density at radius 3 is 2.60 bits per heavy atom. The van der Waals surface area contributed by atoms with E-state index in [1.165, 1.54) is 0 Å². The molecular formula is C10H4Cl2N2O6. The molecule has 0 aliphatic carbocycles. The fraction of sp³-hybridized carbons (Fsp3) is 0. The van der Waals surface area contributed by atoms with Gasteiger partial charge in [-0.15, -0.1) is 0 Å². The minimum atomic E-state index is -1.33. The van der Waals surface area contributed by atoms with Gasteiger partial charge in [-0.25, -0.2) is 4.79 Å². The van der Waals surface area contributed by atoms with E-state index >= 15 is 0 Å². The number of carboxylic acid groups (broad SMARTS) is 1. The van der Waals surface area contributed by atoms with Gasteiger partial charge in [-0.1, -0.05) is 23.2 Å². The maximum Gasteiger partial charge on any atom is 0.400 e. The summed E-state index contributed by atoms with van der Waals surface area (Å²) in [5, 5.41) is 19.5. The van der Waals surface area contributed by atoms with Gasteiger partial charge in [0.05, 0.1) is 15.0 Å². The van der Waals surface area contributed by atoms with Crippen LogP contribution < -0.4 is 4.74 Å². The Hall–Kier alpha value is -2.32. The highest BCUT2D eigenvalue weighted by molar-refractivity contribution is 6.42. The van der Waals surface area contributed by atoms with Crippen LogP contribution in [0.15, 0.2) is 22.8 Å². The lowest BCUT2D eigenvalue weighted by atomic mass is 10.3. The number of nitrogens with zero attached hydrogens (tertiary/aromatic N) is 2. The highest BCUT2D eigenvalue weighted by atomic mass is 35.5. The van der Waals surface area contributed by atoms with Crippen LogP contribution in [-0.2, 0) is 0 Å². The molecular weight excluding hydrogens is 315 g/mol. The van der Waals surface area contributed by atoms with Crippen molar-refractivity contribution < 1.29 is 24.0 Å². The molecule has 0 unspecified atom stereocenters. The van der Waals surface area contributed by atoms with Crippen molar-refractivity contribution in [1.29, 1.82) is 0 Å². The lowest BCUT2D eigenvalue weighted by Gasteiger charge is -2.03. The molecule has 1 heterocycles. The van der Waals surface area contributed by atoms with Crippen LogP contribution in [0.2, 0.25) is 10.0 Å². The Morgan fingerprint density at radius 2 is 2.05 bits per heavy atom. The van der Waals surface area contributed by atoms with Crippen LogP contribution in [0.5, 0.6) is 11.8 Å². The minimum absolute atomic E-state index is 0.0238. The Kier molecular flexibility index (Phi) is 3.77. The summed E-state index contributed by atoms with van der Waals surface area (Å²) in [7, 11) is 0. The number of aromatic nitrogens is 1. The molecule has 8 nitrogen and oxygen atoms in total. The topological polar surface area (TPSA) is 116 Å². The van der Waals surface area contributed by atoms with Gasteiger partial charge in [0.25, 0.3) is 0 Å². The third kappa shape index (κ3) is 2.81. The number of aromatic carboxylic acids is 1. The van der Waals surface area contributed by atoms with Crippen molar-refractivity contribution >= 4 is 34.9 Å². The molecule has 0 atom stereocenters. The van der Waals surface area contributed by atoms with E-state index in [4.69, 9.17) is 37.5 Å². The van der Waals surface area contributed by atoms with Gasteiger partial charge >= 0.3 is 17.7 Å². The van der Waals surface area contributed by atoms with Crippen LogP contribution in [0.4, 0.5) is 5.69 Å². The molecule has 0 bridgehead atoms. The molecule has 0 saturated heterocycles. The second-order valence-corrected chi connectivity index (χ2v) is 4.21. The predicted octanol–water partition coefficient (Wildman–Crippen LogP) is 3.38. The molecule has 0 aliphatic rings. The number of carbonyl (C=O) groups is 1. The minimum Gasteiger partial charge on any atom is -0.476 e. The zero-order valence-electron chi connectivity index (χ0n) is 9.37. The Balaban J connectivity index is 2.39. The molecule has 104 valence electrons. The summed E-state index contributed by atoms with van der Waals surface area (Å²) in [6, 6.07) is 2.10. The number of carboxylic acids is 1. The highest BCUT2D eigenvalue weighted by Crippen LogP contribution is 2.37. The zero-order valence-corrected chi connectivity index (χ0v) is 10.9. The molecule has 1 N–H and O–H groups in total. The average molecular weight is 319 g/mol. The van der Waals surface area contributed by atoms with E-state index < -0.39 is 28.4 Å². The summed E-state index contributed by atoms with van der Waals surface area (Å²) in [5.41, 5.74) is -0.864. The summed E-state index contributed by atoms with van der Waals surface area (Å²) >= 11 is 11.4. The largest absolute Gasteiger partial charge is 0.476 e. The van der Waals surface area contributed by atoms with Crippen LogP contribution >= 0.6 is 23.2 Å². The van der Waals surface area contributed by atoms with E-state index in [9.17, 15) is 14.9 Å². The third-order valence-corrected chi connectivity index (χ3v) is 2.82. The van der Waals surface area contributed by atoms with Gasteiger partial charge in [-0.3, -0.25) is 10.1 Å². The van der Waals surface area contributed by atoms with Gasteiger partial charge in [0.1, 0.15) is 6.26 Å². The molecule has 1 aromatic carbocycles. The molecule has 0 aliphatic heterocycles. The predicted molar refractivity (Wildman–Crippen MR) is 66.7 cm³/mol. The number of hydrogen-bond acceptors (Lipinski definition) is 6. The molecule has 10 heteroatoms. The fourth-order valence-electron chi connectivity index (χ4n) is 1.24. The molecule has 0 saturated carbocycles. The van der Waals surface area contributed by atoms with E-state index in [-0.39, 0.29) is 15.8 Å². The van der Waals surface area contributed by atoms with Crippen molar-refractivity contribution in [3.05, 3.63) is 44.2 Å². The lowest BCUT2D eigenvalue weighted by molar-refractivity contribution is -0.385. The monoisotopic (exact) mass is 318 g/mol. The SMILES string of the molecule is O=C(O)c1coc(Oc2cc(Cl)c(Cl)cc2[N+](=O)[O-])n1. The number of ether oxygens (including phenoxy) is 1. The van der Waals surface area contributed by atoms with Crippen LogP contribution in [-0.4, -0.2) is 21.0 Å². The second kappa shape index (κ2) is 5.35. The van der Waals surface area contributed by atoms with E-state index in [0.717, 1.165) is 18.4 Å².